The fourth-order valence-corrected chi connectivity index (χ4v) is 3.21. The molecule has 2 atom stereocenters. The Hall–Kier alpha value is 1.52. The van der Waals surface area contributed by atoms with Crippen molar-refractivity contribution in [3.05, 3.63) is 0 Å². The zero-order chi connectivity index (χ0) is 10.2. The van der Waals surface area contributed by atoms with Gasteiger partial charge in [-0.15, -0.1) is 18.5 Å². The molecule has 3 heteroatoms. The van der Waals surface area contributed by atoms with Gasteiger partial charge in [-0.3, -0.25) is 0 Å². The second kappa shape index (κ2) is 10.7. The van der Waals surface area contributed by atoms with Gasteiger partial charge in [-0.25, -0.2) is 0 Å². The number of hydrogen-bond acceptors (Lipinski definition) is 0. The quantitative estimate of drug-likeness (QED) is 0.454. The smallest absolute Gasteiger partial charge is 0 e. The molecule has 15 heavy (non-hydrogen) atoms. The molecule has 2 fully saturated rings. The number of rotatable bonds is 0. The van der Waals surface area contributed by atoms with Gasteiger partial charge in [0.1, 0.15) is 0 Å². The van der Waals surface area contributed by atoms with Crippen LogP contribution in [0, 0.1) is 0 Å². The summed E-state index contributed by atoms with van der Waals surface area (Å²) in [6.07, 6.45) is 14.6. The largest absolute Gasteiger partial charge is 0.134 e. The van der Waals surface area contributed by atoms with E-state index in [1.165, 1.54) is 64.2 Å². The van der Waals surface area contributed by atoms with Gasteiger partial charge in [0.05, 0.1) is 0 Å². The van der Waals surface area contributed by atoms with E-state index < -0.39 is 0 Å². The molecule has 2 saturated carbocycles. The third-order valence-corrected chi connectivity index (χ3v) is 4.63. The van der Waals surface area contributed by atoms with Crippen LogP contribution in [-0.2, 0) is 20.4 Å². The maximum atomic E-state index is 2.91. The molecule has 0 bridgehead atoms. The fourth-order valence-electron chi connectivity index (χ4n) is 2.27. The molecule has 0 amide bonds. The third kappa shape index (κ3) is 9.24. The maximum absolute atomic E-state index is 2.91. The summed E-state index contributed by atoms with van der Waals surface area (Å²) in [5, 5.41) is 0. The Bertz CT molecular complexity index is 114. The molecule has 0 spiro atoms. The second-order valence-corrected chi connectivity index (χ2v) is 6.68. The van der Waals surface area contributed by atoms with Crippen molar-refractivity contribution < 1.29 is 20.4 Å². The van der Waals surface area contributed by atoms with Gasteiger partial charge >= 0.3 is 0 Å². The van der Waals surface area contributed by atoms with E-state index >= 15 is 0 Å². The topological polar surface area (TPSA) is 0 Å². The van der Waals surface area contributed by atoms with Crippen molar-refractivity contribution in [2.24, 2.45) is 0 Å². The van der Waals surface area contributed by atoms with Crippen molar-refractivity contribution in [3.63, 3.8) is 0 Å². The van der Waals surface area contributed by atoms with Crippen LogP contribution in [-0.4, -0.2) is 11.3 Å². The van der Waals surface area contributed by atoms with Crippen molar-refractivity contribution in [1.82, 2.24) is 0 Å². The van der Waals surface area contributed by atoms with Crippen molar-refractivity contribution in [1.29, 1.82) is 0 Å². The SMILES string of the molecule is PC1CCCCC1.PC1CCCCC1.[Pd]. The van der Waals surface area contributed by atoms with E-state index in [1.54, 1.807) is 0 Å². The van der Waals surface area contributed by atoms with Crippen LogP contribution in [0.2, 0.25) is 0 Å². The molecule has 0 aliphatic heterocycles. The standard InChI is InChI=1S/2C6H13P.Pd/c2*7-6-4-2-1-3-5-6;/h2*6H,1-5,7H2;. The molecule has 0 nitrogen and oxygen atoms in total. The average Bonchev–Trinajstić information content (AvgIpc) is 2.21. The van der Waals surface area contributed by atoms with E-state index in [0.717, 1.165) is 11.3 Å². The Labute approximate surface area is 114 Å². The van der Waals surface area contributed by atoms with Crippen LogP contribution in [0.5, 0.6) is 0 Å². The summed E-state index contributed by atoms with van der Waals surface area (Å²) in [7, 11) is 5.81. The van der Waals surface area contributed by atoms with Gasteiger partial charge in [0.25, 0.3) is 0 Å². The van der Waals surface area contributed by atoms with E-state index in [1.807, 2.05) is 0 Å². The van der Waals surface area contributed by atoms with Crippen LogP contribution in [0.3, 0.4) is 0 Å². The molecule has 0 aromatic rings. The molecule has 2 rings (SSSR count). The van der Waals surface area contributed by atoms with Crippen LogP contribution in [0.4, 0.5) is 0 Å². The van der Waals surface area contributed by atoms with Crippen molar-refractivity contribution in [2.75, 3.05) is 0 Å². The van der Waals surface area contributed by atoms with Gasteiger partial charge in [0.15, 0.2) is 0 Å². The van der Waals surface area contributed by atoms with Crippen LogP contribution in [0.1, 0.15) is 64.2 Å². The van der Waals surface area contributed by atoms with E-state index in [2.05, 4.69) is 18.5 Å². The van der Waals surface area contributed by atoms with Crippen molar-refractivity contribution in [2.45, 2.75) is 75.5 Å². The summed E-state index contributed by atoms with van der Waals surface area (Å²) in [5.74, 6) is 0. The van der Waals surface area contributed by atoms with Gasteiger partial charge in [-0.1, -0.05) is 38.5 Å². The van der Waals surface area contributed by atoms with E-state index in [0.29, 0.717) is 0 Å². The molecular weight excluding hydrogens is 312 g/mol. The third-order valence-electron chi connectivity index (χ3n) is 3.30. The normalized spacial score (nSPS) is 23.6. The Kier molecular flexibility index (Phi) is 11.7. The minimum Gasteiger partial charge on any atom is -0.134 e. The maximum Gasteiger partial charge on any atom is 0 e. The van der Waals surface area contributed by atoms with Crippen molar-refractivity contribution in [3.8, 4) is 0 Å². The van der Waals surface area contributed by atoms with E-state index in [4.69, 9.17) is 0 Å². The summed E-state index contributed by atoms with van der Waals surface area (Å²) in [5.41, 5.74) is 1.91. The van der Waals surface area contributed by atoms with E-state index in [-0.39, 0.29) is 20.4 Å². The van der Waals surface area contributed by atoms with Gasteiger partial charge in [0, 0.05) is 20.4 Å². The summed E-state index contributed by atoms with van der Waals surface area (Å²) in [4.78, 5) is 0. The molecule has 0 heterocycles. The molecule has 2 aliphatic carbocycles. The summed E-state index contributed by atoms with van der Waals surface area (Å²) in [6, 6.07) is 0. The molecule has 0 N–H and O–H groups in total. The predicted molar refractivity (Wildman–Crippen MR) is 73.2 cm³/mol. The number of hydrogen-bond donors (Lipinski definition) is 0. The minimum absolute atomic E-state index is 0. The van der Waals surface area contributed by atoms with Gasteiger partial charge < -0.3 is 0 Å². The summed E-state index contributed by atoms with van der Waals surface area (Å²) in [6.45, 7) is 0. The summed E-state index contributed by atoms with van der Waals surface area (Å²) >= 11 is 0. The van der Waals surface area contributed by atoms with Crippen LogP contribution >= 0.6 is 18.5 Å². The Morgan fingerprint density at radius 2 is 0.800 bits per heavy atom. The van der Waals surface area contributed by atoms with E-state index in [9.17, 15) is 0 Å². The average molecular weight is 339 g/mol. The van der Waals surface area contributed by atoms with Crippen LogP contribution < -0.4 is 0 Å². The molecule has 2 unspecified atom stereocenters. The molecule has 0 radical (unpaired) electrons. The van der Waals surface area contributed by atoms with Gasteiger partial charge in [-0.05, 0) is 37.0 Å². The second-order valence-electron chi connectivity index (χ2n) is 4.80. The zero-order valence-corrected chi connectivity index (χ0v) is 13.6. The zero-order valence-electron chi connectivity index (χ0n) is 9.70. The van der Waals surface area contributed by atoms with Gasteiger partial charge in [-0.2, -0.15) is 0 Å². The first kappa shape index (κ1) is 16.5. The van der Waals surface area contributed by atoms with Gasteiger partial charge in [0.2, 0.25) is 0 Å². The monoisotopic (exact) mass is 338 g/mol. The fraction of sp³-hybridized carbons (Fsp3) is 1.00. The first-order valence-corrected chi connectivity index (χ1v) is 7.63. The molecule has 0 aromatic carbocycles. The molecular formula is C12H26P2Pd. The minimum atomic E-state index is 0. The van der Waals surface area contributed by atoms with Crippen LogP contribution in [0.15, 0.2) is 0 Å². The first-order chi connectivity index (χ1) is 6.79. The molecule has 0 saturated heterocycles. The molecule has 2 aliphatic rings. The Morgan fingerprint density at radius 3 is 0.933 bits per heavy atom. The molecule has 0 aromatic heterocycles. The van der Waals surface area contributed by atoms with Crippen LogP contribution in [0.25, 0.3) is 0 Å². The predicted octanol–water partition coefficient (Wildman–Crippen LogP) is 4.39. The first-order valence-electron chi connectivity index (χ1n) is 6.30. The summed E-state index contributed by atoms with van der Waals surface area (Å²) < 4.78 is 0. The Morgan fingerprint density at radius 1 is 0.533 bits per heavy atom. The van der Waals surface area contributed by atoms with Crippen molar-refractivity contribution >= 4 is 18.5 Å². The molecule has 94 valence electrons. The Balaban J connectivity index is 0.000000245.